The number of benzene rings is 1. The molecule has 2 aliphatic heterocycles. The van der Waals surface area contributed by atoms with Gasteiger partial charge in [-0.1, -0.05) is 32.0 Å². The number of hydrogen-bond donors (Lipinski definition) is 0. The quantitative estimate of drug-likeness (QED) is 0.592. The van der Waals surface area contributed by atoms with Crippen LogP contribution in [0.5, 0.6) is 0 Å². The van der Waals surface area contributed by atoms with Gasteiger partial charge < -0.3 is 14.7 Å². The molecule has 0 bridgehead atoms. The van der Waals surface area contributed by atoms with Gasteiger partial charge in [0.25, 0.3) is 5.91 Å². The van der Waals surface area contributed by atoms with E-state index in [9.17, 15) is 4.79 Å². The van der Waals surface area contributed by atoms with Crippen molar-refractivity contribution in [3.63, 3.8) is 0 Å². The van der Waals surface area contributed by atoms with Crippen LogP contribution in [0.4, 0.5) is 11.5 Å². The predicted molar refractivity (Wildman–Crippen MR) is 132 cm³/mol. The Kier molecular flexibility index (Phi) is 5.76. The third-order valence-electron chi connectivity index (χ3n) is 6.76. The van der Waals surface area contributed by atoms with Gasteiger partial charge in [0.1, 0.15) is 17.0 Å². The molecular weight excluding hydrogens is 418 g/mol. The predicted octanol–water partition coefficient (Wildman–Crippen LogP) is 4.44. The van der Waals surface area contributed by atoms with Gasteiger partial charge in [0, 0.05) is 45.0 Å². The molecule has 2 aliphatic rings. The second-order valence-corrected chi connectivity index (χ2v) is 10.4. The molecule has 5 rings (SSSR count). The molecule has 0 spiro atoms. The number of nitrogens with zero attached hydrogens (tertiary/aromatic N) is 5. The zero-order valence-electron chi connectivity index (χ0n) is 19.1. The van der Waals surface area contributed by atoms with Gasteiger partial charge in [0.15, 0.2) is 0 Å². The molecule has 0 aliphatic carbocycles. The van der Waals surface area contributed by atoms with Crippen molar-refractivity contribution in [1.29, 1.82) is 0 Å². The zero-order valence-corrected chi connectivity index (χ0v) is 19.9. The zero-order chi connectivity index (χ0) is 22.2. The van der Waals surface area contributed by atoms with Crippen LogP contribution in [0.15, 0.2) is 36.7 Å². The smallest absolute Gasteiger partial charge is 0.264 e. The number of rotatable bonds is 3. The Labute approximate surface area is 193 Å². The molecule has 0 saturated carbocycles. The third kappa shape index (κ3) is 3.94. The van der Waals surface area contributed by atoms with Crippen molar-refractivity contribution < 1.29 is 4.79 Å². The lowest BCUT2D eigenvalue weighted by molar-refractivity contribution is 0.0627. The van der Waals surface area contributed by atoms with Crippen LogP contribution in [0.2, 0.25) is 0 Å². The van der Waals surface area contributed by atoms with Crippen LogP contribution in [0.3, 0.4) is 0 Å². The fraction of sp³-hybridized carbons (Fsp3) is 0.480. The van der Waals surface area contributed by atoms with Crippen molar-refractivity contribution in [2.24, 2.45) is 11.8 Å². The lowest BCUT2D eigenvalue weighted by atomic mass is 9.92. The summed E-state index contributed by atoms with van der Waals surface area (Å²) in [5, 5.41) is 1.05. The molecule has 3 aromatic rings. The van der Waals surface area contributed by atoms with Crippen LogP contribution in [0.25, 0.3) is 10.2 Å². The van der Waals surface area contributed by atoms with Crippen molar-refractivity contribution in [2.75, 3.05) is 49.1 Å². The van der Waals surface area contributed by atoms with Crippen molar-refractivity contribution in [2.45, 2.75) is 27.2 Å². The summed E-state index contributed by atoms with van der Waals surface area (Å²) in [7, 11) is 0. The first kappa shape index (κ1) is 21.2. The summed E-state index contributed by atoms with van der Waals surface area (Å²) >= 11 is 1.52. The average Bonchev–Trinajstić information content (AvgIpc) is 3.15. The first-order chi connectivity index (χ1) is 15.5. The number of thiophene rings is 1. The van der Waals surface area contributed by atoms with Crippen LogP contribution in [-0.4, -0.2) is 60.0 Å². The fourth-order valence-electron chi connectivity index (χ4n) is 5.28. The van der Waals surface area contributed by atoms with Crippen molar-refractivity contribution in [1.82, 2.24) is 14.9 Å². The van der Waals surface area contributed by atoms with E-state index in [1.807, 2.05) is 4.90 Å². The molecule has 168 valence electrons. The van der Waals surface area contributed by atoms with E-state index in [4.69, 9.17) is 0 Å². The van der Waals surface area contributed by atoms with E-state index in [1.165, 1.54) is 23.4 Å². The number of fused-ring (bicyclic) bond motifs is 1. The number of carbonyl (C=O) groups is 1. The third-order valence-corrected chi connectivity index (χ3v) is 7.95. The number of carbonyl (C=O) groups excluding carboxylic acids is 1. The highest BCUT2D eigenvalue weighted by molar-refractivity contribution is 7.20. The Morgan fingerprint density at radius 1 is 0.969 bits per heavy atom. The Balaban J connectivity index is 1.40. The van der Waals surface area contributed by atoms with E-state index < -0.39 is 0 Å². The molecule has 2 atom stereocenters. The van der Waals surface area contributed by atoms with Crippen LogP contribution in [0, 0.1) is 18.8 Å². The Bertz CT molecular complexity index is 1100. The molecule has 2 saturated heterocycles. The molecule has 32 heavy (non-hydrogen) atoms. The second kappa shape index (κ2) is 8.70. The number of amides is 1. The lowest BCUT2D eigenvalue weighted by Gasteiger charge is -2.37. The molecule has 2 fully saturated rings. The summed E-state index contributed by atoms with van der Waals surface area (Å²) in [6, 6.07) is 10.6. The first-order valence-corrected chi connectivity index (χ1v) is 12.4. The maximum absolute atomic E-state index is 13.4. The number of aromatic nitrogens is 2. The number of para-hydroxylation sites is 1. The molecule has 0 unspecified atom stereocenters. The van der Waals surface area contributed by atoms with Crippen molar-refractivity contribution in [3.8, 4) is 0 Å². The molecular formula is C25H31N5OS. The number of aryl methyl sites for hydroxylation is 1. The van der Waals surface area contributed by atoms with Gasteiger partial charge in [0.05, 0.1) is 10.3 Å². The average molecular weight is 450 g/mol. The number of hydrogen-bond acceptors (Lipinski definition) is 6. The van der Waals surface area contributed by atoms with Gasteiger partial charge in [-0.3, -0.25) is 4.79 Å². The normalized spacial score (nSPS) is 21.9. The molecule has 1 aromatic carbocycles. The number of piperazine rings is 1. The summed E-state index contributed by atoms with van der Waals surface area (Å²) in [6.07, 6.45) is 2.84. The van der Waals surface area contributed by atoms with Gasteiger partial charge in [-0.15, -0.1) is 11.3 Å². The van der Waals surface area contributed by atoms with E-state index in [1.54, 1.807) is 6.33 Å². The Hall–Kier alpha value is -2.67. The van der Waals surface area contributed by atoms with E-state index in [0.717, 1.165) is 65.7 Å². The summed E-state index contributed by atoms with van der Waals surface area (Å²) in [4.78, 5) is 31.2. The van der Waals surface area contributed by atoms with Crippen LogP contribution < -0.4 is 9.80 Å². The molecule has 4 heterocycles. The summed E-state index contributed by atoms with van der Waals surface area (Å²) < 4.78 is 0. The molecule has 2 aromatic heterocycles. The SMILES string of the molecule is Cc1c(C(=O)N2C[C@H](C)C[C@@H](C)C2)sc2ncnc(N3CCN(c4ccccc4)CC3)c12. The second-order valence-electron chi connectivity index (χ2n) is 9.40. The van der Waals surface area contributed by atoms with Gasteiger partial charge in [-0.05, 0) is 42.9 Å². The Morgan fingerprint density at radius 2 is 1.62 bits per heavy atom. The van der Waals surface area contributed by atoms with Crippen LogP contribution in [0.1, 0.15) is 35.5 Å². The first-order valence-electron chi connectivity index (χ1n) is 11.6. The fourth-order valence-corrected chi connectivity index (χ4v) is 6.40. The Morgan fingerprint density at radius 3 is 2.31 bits per heavy atom. The van der Waals surface area contributed by atoms with Crippen molar-refractivity contribution >= 4 is 39.0 Å². The van der Waals surface area contributed by atoms with E-state index in [-0.39, 0.29) is 5.91 Å². The highest BCUT2D eigenvalue weighted by Crippen LogP contribution is 2.36. The van der Waals surface area contributed by atoms with Gasteiger partial charge in [-0.25, -0.2) is 9.97 Å². The number of piperidine rings is 1. The van der Waals surface area contributed by atoms with Gasteiger partial charge >= 0.3 is 0 Å². The molecule has 6 nitrogen and oxygen atoms in total. The molecule has 7 heteroatoms. The molecule has 0 radical (unpaired) electrons. The van der Waals surface area contributed by atoms with Crippen LogP contribution in [-0.2, 0) is 0 Å². The van der Waals surface area contributed by atoms with Gasteiger partial charge in [0.2, 0.25) is 0 Å². The maximum Gasteiger partial charge on any atom is 0.264 e. The minimum atomic E-state index is 0.156. The van der Waals surface area contributed by atoms with E-state index in [0.29, 0.717) is 11.8 Å². The highest BCUT2D eigenvalue weighted by Gasteiger charge is 2.30. The standard InChI is InChI=1S/C25H31N5OS/c1-17-13-18(2)15-30(14-17)25(31)22-19(3)21-23(26-16-27-24(21)32-22)29-11-9-28(10-12-29)20-7-5-4-6-8-20/h4-8,16-18H,9-15H2,1-3H3/t17-,18-/m1/s1. The lowest BCUT2D eigenvalue weighted by Crippen LogP contribution is -2.46. The number of likely N-dealkylation sites (tertiary alicyclic amines) is 1. The monoisotopic (exact) mass is 449 g/mol. The molecule has 1 amide bonds. The number of anilines is 2. The van der Waals surface area contributed by atoms with Gasteiger partial charge in [-0.2, -0.15) is 0 Å². The van der Waals surface area contributed by atoms with Crippen molar-refractivity contribution in [3.05, 3.63) is 47.1 Å². The highest BCUT2D eigenvalue weighted by atomic mass is 32.1. The largest absolute Gasteiger partial charge is 0.368 e. The summed E-state index contributed by atoms with van der Waals surface area (Å²) in [5.41, 5.74) is 2.30. The molecule has 0 N–H and O–H groups in total. The van der Waals surface area contributed by atoms with Crippen LogP contribution >= 0.6 is 11.3 Å². The van der Waals surface area contributed by atoms with E-state index >= 15 is 0 Å². The topological polar surface area (TPSA) is 52.6 Å². The summed E-state index contributed by atoms with van der Waals surface area (Å²) in [5.74, 6) is 2.22. The minimum Gasteiger partial charge on any atom is -0.368 e. The van der Waals surface area contributed by atoms with E-state index in [2.05, 4.69) is 70.9 Å². The minimum absolute atomic E-state index is 0.156. The summed E-state index contributed by atoms with van der Waals surface area (Å²) in [6.45, 7) is 12.0. The maximum atomic E-state index is 13.4.